The highest BCUT2D eigenvalue weighted by Gasteiger charge is 2.12. The lowest BCUT2D eigenvalue weighted by molar-refractivity contribution is 0.0253. The van der Waals surface area contributed by atoms with Gasteiger partial charge >= 0.3 is 0 Å². The molecule has 1 heterocycles. The van der Waals surface area contributed by atoms with Crippen molar-refractivity contribution in [3.05, 3.63) is 34.9 Å². The molecule has 1 aromatic rings. The summed E-state index contributed by atoms with van der Waals surface area (Å²) in [7, 11) is 0. The van der Waals surface area contributed by atoms with Crippen molar-refractivity contribution in [1.82, 2.24) is 5.32 Å². The van der Waals surface area contributed by atoms with Crippen molar-refractivity contribution in [3.63, 3.8) is 0 Å². The number of halogens is 1. The number of ether oxygens (including phenoxy) is 1. The number of benzene rings is 1. The molecule has 1 aliphatic rings. The normalized spacial score (nSPS) is 21.5. The van der Waals surface area contributed by atoms with Gasteiger partial charge in [-0.15, -0.1) is 0 Å². The first-order valence-corrected chi connectivity index (χ1v) is 5.79. The predicted octanol–water partition coefficient (Wildman–Crippen LogP) is 2.61. The maximum Gasteiger partial charge on any atom is 0.0721 e. The first kappa shape index (κ1) is 10.9. The third-order valence-electron chi connectivity index (χ3n) is 2.63. The highest BCUT2D eigenvalue weighted by molar-refractivity contribution is 6.30. The number of nitrogens with one attached hydrogen (secondary N) is 1. The topological polar surface area (TPSA) is 21.3 Å². The van der Waals surface area contributed by atoms with E-state index in [0.29, 0.717) is 12.7 Å². The van der Waals surface area contributed by atoms with E-state index in [4.69, 9.17) is 16.3 Å². The van der Waals surface area contributed by atoms with Gasteiger partial charge in [0.1, 0.15) is 0 Å². The van der Waals surface area contributed by atoms with E-state index in [1.165, 1.54) is 6.42 Å². The number of piperidine rings is 1. The summed E-state index contributed by atoms with van der Waals surface area (Å²) in [6.45, 7) is 2.75. The van der Waals surface area contributed by atoms with E-state index >= 15 is 0 Å². The Balaban J connectivity index is 1.81. The van der Waals surface area contributed by atoms with Crippen LogP contribution in [0, 0.1) is 0 Å². The summed E-state index contributed by atoms with van der Waals surface area (Å²) in [5.41, 5.74) is 1.15. The van der Waals surface area contributed by atoms with Crippen LogP contribution in [0.15, 0.2) is 24.3 Å². The molecule has 1 aliphatic heterocycles. The van der Waals surface area contributed by atoms with Gasteiger partial charge in [0.15, 0.2) is 0 Å². The second-order valence-corrected chi connectivity index (χ2v) is 4.35. The van der Waals surface area contributed by atoms with Crippen LogP contribution in [-0.2, 0) is 11.3 Å². The van der Waals surface area contributed by atoms with Crippen molar-refractivity contribution < 1.29 is 4.74 Å². The molecule has 2 nitrogen and oxygen atoms in total. The van der Waals surface area contributed by atoms with Crippen molar-refractivity contribution in [2.45, 2.75) is 25.6 Å². The van der Waals surface area contributed by atoms with Gasteiger partial charge in [0.05, 0.1) is 12.7 Å². The second-order valence-electron chi connectivity index (χ2n) is 3.91. The van der Waals surface area contributed by atoms with Crippen LogP contribution >= 0.6 is 11.6 Å². The summed E-state index contributed by atoms with van der Waals surface area (Å²) >= 11 is 5.90. The molecular weight excluding hydrogens is 210 g/mol. The Labute approximate surface area is 95.6 Å². The molecule has 1 saturated heterocycles. The van der Waals surface area contributed by atoms with E-state index in [1.54, 1.807) is 0 Å². The van der Waals surface area contributed by atoms with E-state index in [1.807, 2.05) is 24.3 Å². The lowest BCUT2D eigenvalue weighted by atomic mass is 10.1. The Morgan fingerprint density at radius 1 is 1.47 bits per heavy atom. The van der Waals surface area contributed by atoms with Crippen molar-refractivity contribution in [2.24, 2.45) is 0 Å². The minimum Gasteiger partial charge on any atom is -0.372 e. The highest BCUT2D eigenvalue weighted by atomic mass is 35.5. The summed E-state index contributed by atoms with van der Waals surface area (Å²) in [5, 5.41) is 4.11. The Morgan fingerprint density at radius 2 is 2.40 bits per heavy atom. The molecular formula is C12H16ClNO. The van der Waals surface area contributed by atoms with Gasteiger partial charge in [0.2, 0.25) is 0 Å². The van der Waals surface area contributed by atoms with Crippen LogP contribution in [0.2, 0.25) is 5.02 Å². The van der Waals surface area contributed by atoms with Crippen LogP contribution in [0.5, 0.6) is 0 Å². The molecule has 0 radical (unpaired) electrons. The van der Waals surface area contributed by atoms with Crippen LogP contribution in [-0.4, -0.2) is 19.2 Å². The Morgan fingerprint density at radius 3 is 3.13 bits per heavy atom. The average Bonchev–Trinajstić information content (AvgIpc) is 2.28. The number of rotatable bonds is 3. The molecule has 0 aliphatic carbocycles. The number of hydrogen-bond donors (Lipinski definition) is 1. The van der Waals surface area contributed by atoms with Crippen molar-refractivity contribution in [1.29, 1.82) is 0 Å². The van der Waals surface area contributed by atoms with E-state index < -0.39 is 0 Å². The van der Waals surface area contributed by atoms with Gasteiger partial charge in [-0.25, -0.2) is 0 Å². The zero-order chi connectivity index (χ0) is 10.5. The zero-order valence-electron chi connectivity index (χ0n) is 8.71. The monoisotopic (exact) mass is 225 g/mol. The van der Waals surface area contributed by atoms with Gasteiger partial charge in [0.25, 0.3) is 0 Å². The van der Waals surface area contributed by atoms with Gasteiger partial charge < -0.3 is 10.1 Å². The van der Waals surface area contributed by atoms with Gasteiger partial charge in [-0.1, -0.05) is 23.7 Å². The molecule has 1 fully saturated rings. The first-order chi connectivity index (χ1) is 7.34. The molecule has 0 saturated carbocycles. The van der Waals surface area contributed by atoms with Crippen molar-refractivity contribution in [3.8, 4) is 0 Å². The molecule has 0 aromatic heterocycles. The minimum absolute atomic E-state index is 0.359. The summed E-state index contributed by atoms with van der Waals surface area (Å²) in [4.78, 5) is 0. The molecule has 15 heavy (non-hydrogen) atoms. The standard InChI is InChI=1S/C12H16ClNO/c13-11-4-1-3-10(7-11)9-15-12-5-2-6-14-8-12/h1,3-4,7,12,14H,2,5-6,8-9H2/t12-/m1/s1. The molecule has 1 atom stereocenters. The van der Waals surface area contributed by atoms with Gasteiger partial charge in [0, 0.05) is 11.6 Å². The van der Waals surface area contributed by atoms with Gasteiger partial charge in [-0.3, -0.25) is 0 Å². The maximum atomic E-state index is 5.90. The molecule has 82 valence electrons. The van der Waals surface area contributed by atoms with E-state index in [2.05, 4.69) is 5.32 Å². The average molecular weight is 226 g/mol. The lowest BCUT2D eigenvalue weighted by Crippen LogP contribution is -2.35. The smallest absolute Gasteiger partial charge is 0.0721 e. The van der Waals surface area contributed by atoms with E-state index in [9.17, 15) is 0 Å². The Hall–Kier alpha value is -0.570. The highest BCUT2D eigenvalue weighted by Crippen LogP contribution is 2.14. The molecule has 1 aromatic carbocycles. The fourth-order valence-electron chi connectivity index (χ4n) is 1.80. The number of hydrogen-bond acceptors (Lipinski definition) is 2. The van der Waals surface area contributed by atoms with Crippen LogP contribution in [0.4, 0.5) is 0 Å². The molecule has 0 amide bonds. The second kappa shape index (κ2) is 5.50. The molecule has 0 unspecified atom stereocenters. The predicted molar refractivity (Wildman–Crippen MR) is 62.1 cm³/mol. The summed E-state index contributed by atoms with van der Waals surface area (Å²) in [6, 6.07) is 7.84. The van der Waals surface area contributed by atoms with E-state index in [0.717, 1.165) is 30.1 Å². The van der Waals surface area contributed by atoms with Crippen LogP contribution in [0.3, 0.4) is 0 Å². The van der Waals surface area contributed by atoms with E-state index in [-0.39, 0.29) is 0 Å². The zero-order valence-corrected chi connectivity index (χ0v) is 9.46. The molecule has 0 spiro atoms. The van der Waals surface area contributed by atoms with Crippen molar-refractivity contribution >= 4 is 11.6 Å². The third-order valence-corrected chi connectivity index (χ3v) is 2.86. The Bertz CT molecular complexity index is 310. The lowest BCUT2D eigenvalue weighted by Gasteiger charge is -2.23. The van der Waals surface area contributed by atoms with Crippen LogP contribution in [0.25, 0.3) is 0 Å². The third kappa shape index (κ3) is 3.49. The van der Waals surface area contributed by atoms with Crippen LogP contribution in [0.1, 0.15) is 18.4 Å². The summed E-state index contributed by atoms with van der Waals surface area (Å²) in [5.74, 6) is 0. The Kier molecular flexibility index (Phi) is 4.01. The summed E-state index contributed by atoms with van der Waals surface area (Å²) < 4.78 is 5.80. The fraction of sp³-hybridized carbons (Fsp3) is 0.500. The fourth-order valence-corrected chi connectivity index (χ4v) is 2.02. The molecule has 0 bridgehead atoms. The molecule has 2 rings (SSSR count). The maximum absolute atomic E-state index is 5.90. The first-order valence-electron chi connectivity index (χ1n) is 5.41. The minimum atomic E-state index is 0.359. The molecule has 1 N–H and O–H groups in total. The SMILES string of the molecule is Clc1cccc(CO[C@@H]2CCCNC2)c1. The largest absolute Gasteiger partial charge is 0.372 e. The van der Waals surface area contributed by atoms with Gasteiger partial charge in [-0.05, 0) is 37.1 Å². The quantitative estimate of drug-likeness (QED) is 0.854. The molecule has 3 heteroatoms. The van der Waals surface area contributed by atoms with Crippen molar-refractivity contribution in [2.75, 3.05) is 13.1 Å². The summed E-state index contributed by atoms with van der Waals surface area (Å²) in [6.07, 6.45) is 2.73. The van der Waals surface area contributed by atoms with Crippen LogP contribution < -0.4 is 5.32 Å². The van der Waals surface area contributed by atoms with Gasteiger partial charge in [-0.2, -0.15) is 0 Å².